The Morgan fingerprint density at radius 3 is 2.24 bits per heavy atom. The summed E-state index contributed by atoms with van der Waals surface area (Å²) in [6.45, 7) is 0. The predicted molar refractivity (Wildman–Crippen MR) is 105 cm³/mol. The van der Waals surface area contributed by atoms with Crippen molar-refractivity contribution in [2.45, 2.75) is 0 Å². The molecule has 122 valence electrons. The highest BCUT2D eigenvalue weighted by molar-refractivity contribution is 9.11. The first-order chi connectivity index (χ1) is 12.2. The van der Waals surface area contributed by atoms with Crippen LogP contribution in [0.15, 0.2) is 81.2 Å². The van der Waals surface area contributed by atoms with Gasteiger partial charge in [0, 0.05) is 10.4 Å². The Balaban J connectivity index is 1.61. The van der Waals surface area contributed by atoms with Crippen LogP contribution < -0.4 is 0 Å². The Kier molecular flexibility index (Phi) is 4.34. The van der Waals surface area contributed by atoms with Crippen molar-refractivity contribution in [3.8, 4) is 11.1 Å². The molecule has 25 heavy (non-hydrogen) atoms. The number of carbonyl (C=O) groups excluding carboxylic acids is 1. The summed E-state index contributed by atoms with van der Waals surface area (Å²) >= 11 is 4.94. The van der Waals surface area contributed by atoms with Gasteiger partial charge in [0.05, 0.1) is 3.79 Å². The molecule has 0 radical (unpaired) electrons. The van der Waals surface area contributed by atoms with Gasteiger partial charge in [0.1, 0.15) is 0 Å². The lowest BCUT2D eigenvalue weighted by Crippen LogP contribution is -2.05. The maximum atomic E-state index is 12.0. The van der Waals surface area contributed by atoms with Crippen molar-refractivity contribution >= 4 is 45.2 Å². The zero-order valence-corrected chi connectivity index (χ0v) is 15.4. The smallest absolute Gasteiger partial charge is 0.363 e. The first-order valence-corrected chi connectivity index (χ1v) is 9.24. The molecule has 3 aromatic rings. The molecule has 5 heteroatoms. The summed E-state index contributed by atoms with van der Waals surface area (Å²) in [7, 11) is 0. The first-order valence-electron chi connectivity index (χ1n) is 7.63. The predicted octanol–water partition coefficient (Wildman–Crippen LogP) is 5.52. The number of esters is 1. The molecule has 2 heterocycles. The molecule has 4 rings (SSSR count). The van der Waals surface area contributed by atoms with E-state index in [2.05, 4.69) is 33.1 Å². The maximum absolute atomic E-state index is 12.0. The molecule has 1 aliphatic rings. The summed E-state index contributed by atoms with van der Waals surface area (Å²) in [5, 5.41) is 0. The highest BCUT2D eigenvalue weighted by atomic mass is 79.9. The van der Waals surface area contributed by atoms with Crippen LogP contribution in [-0.4, -0.2) is 11.9 Å². The molecule has 0 bridgehead atoms. The number of benzene rings is 2. The average molecular weight is 410 g/mol. The lowest BCUT2D eigenvalue weighted by atomic mass is 10.0. The molecule has 0 N–H and O–H groups in total. The van der Waals surface area contributed by atoms with E-state index in [1.807, 2.05) is 54.6 Å². The van der Waals surface area contributed by atoms with Crippen LogP contribution in [0.5, 0.6) is 0 Å². The summed E-state index contributed by atoms with van der Waals surface area (Å²) < 4.78 is 6.33. The van der Waals surface area contributed by atoms with E-state index in [-0.39, 0.29) is 0 Å². The van der Waals surface area contributed by atoms with E-state index in [1.54, 1.807) is 6.08 Å². The Hall–Kier alpha value is -2.50. The molecule has 0 amide bonds. The maximum Gasteiger partial charge on any atom is 0.363 e. The fourth-order valence-corrected chi connectivity index (χ4v) is 3.87. The van der Waals surface area contributed by atoms with Crippen LogP contribution in [0.1, 0.15) is 10.4 Å². The number of nitrogens with zero attached hydrogens (tertiary/aromatic N) is 1. The molecule has 0 saturated heterocycles. The second-order valence-corrected chi connectivity index (χ2v) is 7.92. The number of ether oxygens (including phenoxy) is 1. The van der Waals surface area contributed by atoms with Crippen LogP contribution in [0.4, 0.5) is 0 Å². The number of thiophene rings is 1. The molecule has 0 spiro atoms. The van der Waals surface area contributed by atoms with Crippen LogP contribution in [-0.2, 0) is 9.53 Å². The van der Waals surface area contributed by atoms with E-state index in [9.17, 15) is 4.79 Å². The molecule has 3 nitrogen and oxygen atoms in total. The van der Waals surface area contributed by atoms with E-state index in [0.717, 1.165) is 25.4 Å². The van der Waals surface area contributed by atoms with E-state index < -0.39 is 5.97 Å². The van der Waals surface area contributed by atoms with Gasteiger partial charge in [-0.05, 0) is 57.4 Å². The van der Waals surface area contributed by atoms with Gasteiger partial charge in [0.2, 0.25) is 5.90 Å². The van der Waals surface area contributed by atoms with Crippen LogP contribution in [0.2, 0.25) is 0 Å². The quantitative estimate of drug-likeness (QED) is 0.421. The number of halogens is 1. The minimum absolute atomic E-state index is 0.316. The molecule has 0 atom stereocenters. The highest BCUT2D eigenvalue weighted by Crippen LogP contribution is 2.27. The van der Waals surface area contributed by atoms with Crippen LogP contribution in [0.3, 0.4) is 0 Å². The van der Waals surface area contributed by atoms with Crippen molar-refractivity contribution in [2.75, 3.05) is 0 Å². The highest BCUT2D eigenvalue weighted by Gasteiger charge is 2.24. The standard InChI is InChI=1S/C20H12BrNO2S/c21-18-11-10-16(25-18)12-17-20(23)24-19(22-17)15-8-6-14(7-9-15)13-4-2-1-3-5-13/h1-12H/b17-12-. The van der Waals surface area contributed by atoms with E-state index in [0.29, 0.717) is 11.6 Å². The number of rotatable bonds is 3. The summed E-state index contributed by atoms with van der Waals surface area (Å²) in [6, 6.07) is 21.8. The van der Waals surface area contributed by atoms with Gasteiger partial charge in [-0.3, -0.25) is 0 Å². The Morgan fingerprint density at radius 1 is 0.880 bits per heavy atom. The van der Waals surface area contributed by atoms with Gasteiger partial charge < -0.3 is 4.74 Å². The van der Waals surface area contributed by atoms with Crippen LogP contribution in [0, 0.1) is 0 Å². The minimum atomic E-state index is -0.424. The molecular formula is C20H12BrNO2S. The van der Waals surface area contributed by atoms with Crippen molar-refractivity contribution in [3.63, 3.8) is 0 Å². The average Bonchev–Trinajstić information content (AvgIpc) is 3.22. The van der Waals surface area contributed by atoms with E-state index in [4.69, 9.17) is 4.74 Å². The molecule has 0 fully saturated rings. The van der Waals surface area contributed by atoms with Crippen molar-refractivity contribution in [2.24, 2.45) is 4.99 Å². The first kappa shape index (κ1) is 16.0. The van der Waals surface area contributed by atoms with Gasteiger partial charge in [-0.2, -0.15) is 0 Å². The molecule has 1 aliphatic heterocycles. The minimum Gasteiger partial charge on any atom is -0.402 e. The fourth-order valence-electron chi connectivity index (χ4n) is 2.51. The van der Waals surface area contributed by atoms with Crippen molar-refractivity contribution in [1.29, 1.82) is 0 Å². The largest absolute Gasteiger partial charge is 0.402 e. The van der Waals surface area contributed by atoms with E-state index in [1.165, 1.54) is 11.3 Å². The SMILES string of the molecule is O=C1OC(c2ccc(-c3ccccc3)cc2)=N/C1=C\c1ccc(Br)s1. The molecule has 0 aliphatic carbocycles. The molecule has 1 aromatic heterocycles. The van der Waals surface area contributed by atoms with Crippen molar-refractivity contribution < 1.29 is 9.53 Å². The lowest BCUT2D eigenvalue weighted by Gasteiger charge is -2.03. The third-order valence-corrected chi connectivity index (χ3v) is 5.30. The number of carbonyl (C=O) groups is 1. The number of cyclic esters (lactones) is 1. The fraction of sp³-hybridized carbons (Fsp3) is 0. The molecular weight excluding hydrogens is 398 g/mol. The van der Waals surface area contributed by atoms with Crippen LogP contribution in [0.25, 0.3) is 17.2 Å². The second kappa shape index (κ2) is 6.78. The molecule has 0 unspecified atom stereocenters. The normalized spacial score (nSPS) is 15.3. The number of hydrogen-bond acceptors (Lipinski definition) is 4. The summed E-state index contributed by atoms with van der Waals surface area (Å²) in [4.78, 5) is 17.3. The van der Waals surface area contributed by atoms with Gasteiger partial charge >= 0.3 is 5.97 Å². The zero-order chi connectivity index (χ0) is 17.2. The number of aliphatic imine (C=N–C) groups is 1. The van der Waals surface area contributed by atoms with Gasteiger partial charge in [0.15, 0.2) is 5.70 Å². The van der Waals surface area contributed by atoms with Crippen molar-refractivity contribution in [3.05, 3.63) is 86.7 Å². The molecule has 0 saturated carbocycles. The Morgan fingerprint density at radius 2 is 1.56 bits per heavy atom. The van der Waals surface area contributed by atoms with Crippen molar-refractivity contribution in [1.82, 2.24) is 0 Å². The van der Waals surface area contributed by atoms with Crippen LogP contribution >= 0.6 is 27.3 Å². The lowest BCUT2D eigenvalue weighted by molar-refractivity contribution is -0.129. The third kappa shape index (κ3) is 3.48. The van der Waals surface area contributed by atoms with E-state index >= 15 is 0 Å². The summed E-state index contributed by atoms with van der Waals surface area (Å²) in [5.41, 5.74) is 3.34. The van der Waals surface area contributed by atoms with Gasteiger partial charge in [-0.15, -0.1) is 11.3 Å². The Labute approximate surface area is 157 Å². The third-order valence-electron chi connectivity index (χ3n) is 3.73. The van der Waals surface area contributed by atoms with Gasteiger partial charge in [0.25, 0.3) is 0 Å². The number of hydrogen-bond donors (Lipinski definition) is 0. The van der Waals surface area contributed by atoms with Gasteiger partial charge in [-0.1, -0.05) is 42.5 Å². The van der Waals surface area contributed by atoms with Gasteiger partial charge in [-0.25, -0.2) is 9.79 Å². The monoisotopic (exact) mass is 409 g/mol. The summed E-state index contributed by atoms with van der Waals surface area (Å²) in [6.07, 6.45) is 1.74. The topological polar surface area (TPSA) is 38.7 Å². The zero-order valence-electron chi connectivity index (χ0n) is 13.0. The summed E-state index contributed by atoms with van der Waals surface area (Å²) in [5.74, 6) is -0.0851. The second-order valence-electron chi connectivity index (χ2n) is 5.42. The molecule has 2 aromatic carbocycles. The Bertz CT molecular complexity index is 988.